The molecule has 1 N–H and O–H groups in total. The Morgan fingerprint density at radius 1 is 1.15 bits per heavy atom. The van der Waals surface area contributed by atoms with Crippen molar-refractivity contribution in [2.45, 2.75) is 70.8 Å². The van der Waals surface area contributed by atoms with Crippen molar-refractivity contribution in [3.63, 3.8) is 0 Å². The Morgan fingerprint density at radius 2 is 1.85 bits per heavy atom. The lowest BCUT2D eigenvalue weighted by Crippen LogP contribution is -2.34. The van der Waals surface area contributed by atoms with Gasteiger partial charge >= 0.3 is 0 Å². The Labute approximate surface area is 127 Å². The van der Waals surface area contributed by atoms with Crippen molar-refractivity contribution in [3.05, 3.63) is 23.0 Å². The molecule has 1 aromatic rings. The summed E-state index contributed by atoms with van der Waals surface area (Å²) < 4.78 is 0. The van der Waals surface area contributed by atoms with Gasteiger partial charge in [-0.25, -0.2) is 0 Å². The number of pyridine rings is 1. The maximum atomic E-state index is 6.33. The second-order valence-electron chi connectivity index (χ2n) is 6.74. The standard InChI is InChI=1S/C17H25ClN2/c1-13-16(18)15(7-12-19-13)20-14-5-10-17(11-6-14)8-3-2-4-9-17/h7,12,14H,2-6,8-11H2,1H3,(H,19,20). The smallest absolute Gasteiger partial charge is 0.0849 e. The van der Waals surface area contributed by atoms with Crippen LogP contribution in [-0.4, -0.2) is 11.0 Å². The number of aromatic nitrogens is 1. The van der Waals surface area contributed by atoms with Crippen molar-refractivity contribution in [2.75, 3.05) is 5.32 Å². The highest BCUT2D eigenvalue weighted by atomic mass is 35.5. The van der Waals surface area contributed by atoms with Crippen LogP contribution in [0.2, 0.25) is 5.02 Å². The van der Waals surface area contributed by atoms with Gasteiger partial charge in [0.05, 0.1) is 16.4 Å². The van der Waals surface area contributed by atoms with Crippen molar-refractivity contribution in [2.24, 2.45) is 5.41 Å². The first-order chi connectivity index (χ1) is 9.69. The van der Waals surface area contributed by atoms with Crippen LogP contribution in [0.1, 0.15) is 63.5 Å². The van der Waals surface area contributed by atoms with Gasteiger partial charge in [-0.2, -0.15) is 0 Å². The monoisotopic (exact) mass is 292 g/mol. The molecule has 0 atom stereocenters. The zero-order valence-electron chi connectivity index (χ0n) is 12.4. The van der Waals surface area contributed by atoms with Gasteiger partial charge in [0.1, 0.15) is 0 Å². The molecule has 3 heteroatoms. The summed E-state index contributed by atoms with van der Waals surface area (Å²) in [4.78, 5) is 4.23. The van der Waals surface area contributed by atoms with Gasteiger partial charge < -0.3 is 5.32 Å². The molecule has 0 aliphatic heterocycles. The van der Waals surface area contributed by atoms with Crippen LogP contribution < -0.4 is 5.32 Å². The third-order valence-electron chi connectivity index (χ3n) is 5.38. The third-order valence-corrected chi connectivity index (χ3v) is 5.86. The van der Waals surface area contributed by atoms with Crippen LogP contribution in [0.15, 0.2) is 12.3 Å². The SMILES string of the molecule is Cc1nccc(NC2CCC3(CCCCC3)CC2)c1Cl. The van der Waals surface area contributed by atoms with Crippen LogP contribution in [-0.2, 0) is 0 Å². The summed E-state index contributed by atoms with van der Waals surface area (Å²) in [6.45, 7) is 1.96. The molecule has 20 heavy (non-hydrogen) atoms. The average molecular weight is 293 g/mol. The summed E-state index contributed by atoms with van der Waals surface area (Å²) in [7, 11) is 0. The highest BCUT2D eigenvalue weighted by Gasteiger charge is 2.36. The zero-order chi connectivity index (χ0) is 14.0. The summed E-state index contributed by atoms with van der Waals surface area (Å²) in [6.07, 6.45) is 14.5. The molecule has 0 amide bonds. The van der Waals surface area contributed by atoms with Gasteiger partial charge in [-0.3, -0.25) is 4.98 Å². The predicted octanol–water partition coefficient (Wildman–Crippen LogP) is 5.35. The molecular weight excluding hydrogens is 268 g/mol. The van der Waals surface area contributed by atoms with E-state index in [0.29, 0.717) is 11.5 Å². The molecule has 0 aromatic carbocycles. The molecule has 2 fully saturated rings. The van der Waals surface area contributed by atoms with Gasteiger partial charge in [0.2, 0.25) is 0 Å². The molecule has 2 nitrogen and oxygen atoms in total. The molecule has 110 valence electrons. The second-order valence-corrected chi connectivity index (χ2v) is 7.12. The predicted molar refractivity (Wildman–Crippen MR) is 85.4 cm³/mol. The van der Waals surface area contributed by atoms with E-state index in [9.17, 15) is 0 Å². The van der Waals surface area contributed by atoms with Crippen LogP contribution in [0.4, 0.5) is 5.69 Å². The van der Waals surface area contributed by atoms with E-state index in [0.717, 1.165) is 16.4 Å². The minimum Gasteiger partial charge on any atom is -0.381 e. The summed E-state index contributed by atoms with van der Waals surface area (Å²) in [5.74, 6) is 0. The summed E-state index contributed by atoms with van der Waals surface area (Å²) >= 11 is 6.33. The number of nitrogens with zero attached hydrogens (tertiary/aromatic N) is 1. The topological polar surface area (TPSA) is 24.9 Å². The molecule has 1 aromatic heterocycles. The number of anilines is 1. The van der Waals surface area contributed by atoms with Crippen molar-refractivity contribution < 1.29 is 0 Å². The molecule has 1 heterocycles. The number of rotatable bonds is 2. The quantitative estimate of drug-likeness (QED) is 0.795. The fraction of sp³-hybridized carbons (Fsp3) is 0.706. The van der Waals surface area contributed by atoms with E-state index in [1.165, 1.54) is 57.8 Å². The molecule has 3 rings (SSSR count). The van der Waals surface area contributed by atoms with Gasteiger partial charge in [-0.15, -0.1) is 0 Å². The normalized spacial score (nSPS) is 22.9. The van der Waals surface area contributed by atoms with Crippen molar-refractivity contribution >= 4 is 17.3 Å². The Balaban J connectivity index is 1.60. The van der Waals surface area contributed by atoms with E-state index < -0.39 is 0 Å². The van der Waals surface area contributed by atoms with E-state index in [2.05, 4.69) is 10.3 Å². The lowest BCUT2D eigenvalue weighted by Gasteiger charge is -2.43. The first-order valence-corrected chi connectivity index (χ1v) is 8.44. The van der Waals surface area contributed by atoms with Crippen LogP contribution in [0, 0.1) is 12.3 Å². The lowest BCUT2D eigenvalue weighted by atomic mass is 9.64. The van der Waals surface area contributed by atoms with Crippen molar-refractivity contribution in [1.29, 1.82) is 0 Å². The molecule has 2 saturated carbocycles. The van der Waals surface area contributed by atoms with E-state index >= 15 is 0 Å². The van der Waals surface area contributed by atoms with Gasteiger partial charge in [-0.05, 0) is 56.9 Å². The Hall–Kier alpha value is -0.760. The molecule has 2 aliphatic rings. The fourth-order valence-corrected chi connectivity index (χ4v) is 4.22. The average Bonchev–Trinajstić information content (AvgIpc) is 2.47. The number of nitrogens with one attached hydrogen (secondary N) is 1. The van der Waals surface area contributed by atoms with Crippen molar-refractivity contribution in [1.82, 2.24) is 4.98 Å². The molecule has 0 saturated heterocycles. The Morgan fingerprint density at radius 3 is 2.55 bits per heavy atom. The minimum absolute atomic E-state index is 0.585. The number of hydrogen-bond donors (Lipinski definition) is 1. The summed E-state index contributed by atoms with van der Waals surface area (Å²) in [5, 5.41) is 4.42. The van der Waals surface area contributed by atoms with Crippen LogP contribution >= 0.6 is 11.6 Å². The number of halogens is 1. The van der Waals surface area contributed by atoms with E-state index in [1.807, 2.05) is 19.2 Å². The minimum atomic E-state index is 0.585. The lowest BCUT2D eigenvalue weighted by molar-refractivity contribution is 0.118. The van der Waals surface area contributed by atoms with Crippen LogP contribution in [0.3, 0.4) is 0 Å². The van der Waals surface area contributed by atoms with E-state index in [4.69, 9.17) is 11.6 Å². The zero-order valence-corrected chi connectivity index (χ0v) is 13.2. The highest BCUT2D eigenvalue weighted by molar-refractivity contribution is 6.33. The Bertz CT molecular complexity index is 456. The second kappa shape index (κ2) is 5.93. The fourth-order valence-electron chi connectivity index (χ4n) is 4.06. The number of aryl methyl sites for hydroxylation is 1. The maximum absolute atomic E-state index is 6.33. The molecule has 0 unspecified atom stereocenters. The highest BCUT2D eigenvalue weighted by Crippen LogP contribution is 2.47. The molecule has 0 radical (unpaired) electrons. The molecule has 2 aliphatic carbocycles. The molecule has 0 bridgehead atoms. The molecular formula is C17H25ClN2. The Kier molecular flexibility index (Phi) is 4.21. The first-order valence-electron chi connectivity index (χ1n) is 8.06. The van der Waals surface area contributed by atoms with E-state index in [1.54, 1.807) is 0 Å². The third kappa shape index (κ3) is 2.95. The summed E-state index contributed by atoms with van der Waals surface area (Å²) in [5.41, 5.74) is 2.66. The largest absolute Gasteiger partial charge is 0.381 e. The summed E-state index contributed by atoms with van der Waals surface area (Å²) in [6, 6.07) is 2.59. The van der Waals surface area contributed by atoms with Crippen molar-refractivity contribution in [3.8, 4) is 0 Å². The van der Waals surface area contributed by atoms with Gasteiger partial charge in [0, 0.05) is 12.2 Å². The first kappa shape index (κ1) is 14.2. The van der Waals surface area contributed by atoms with Gasteiger partial charge in [0.15, 0.2) is 0 Å². The number of hydrogen-bond acceptors (Lipinski definition) is 2. The van der Waals surface area contributed by atoms with Gasteiger partial charge in [0.25, 0.3) is 0 Å². The molecule has 1 spiro atoms. The maximum Gasteiger partial charge on any atom is 0.0849 e. The van der Waals surface area contributed by atoms with Crippen LogP contribution in [0.5, 0.6) is 0 Å². The van der Waals surface area contributed by atoms with Crippen LogP contribution in [0.25, 0.3) is 0 Å². The van der Waals surface area contributed by atoms with E-state index in [-0.39, 0.29) is 0 Å². The van der Waals surface area contributed by atoms with Gasteiger partial charge in [-0.1, -0.05) is 30.9 Å².